The normalized spacial score (nSPS) is 11.7. The third-order valence-corrected chi connectivity index (χ3v) is 6.37. The molecule has 5 N–H and O–H groups in total. The SMILES string of the molecule is CC(C)c1ccc(CCN(CC(=O)O)S(=O)(=O)c2cc(C(=N)N)ccc2O)cc1. The Labute approximate surface area is 170 Å². The third-order valence-electron chi connectivity index (χ3n) is 4.50. The molecular weight excluding hydrogens is 394 g/mol. The fraction of sp³-hybridized carbons (Fsp3) is 0.300. The Balaban J connectivity index is 2.32. The van der Waals surface area contributed by atoms with Gasteiger partial charge in [-0.2, -0.15) is 4.31 Å². The second kappa shape index (κ2) is 9.06. The molecule has 0 bridgehead atoms. The monoisotopic (exact) mass is 419 g/mol. The van der Waals surface area contributed by atoms with E-state index in [1.54, 1.807) is 0 Å². The summed E-state index contributed by atoms with van der Waals surface area (Å²) in [6.45, 7) is 3.30. The van der Waals surface area contributed by atoms with Gasteiger partial charge in [0.1, 0.15) is 23.0 Å². The van der Waals surface area contributed by atoms with Crippen LogP contribution in [0.5, 0.6) is 5.75 Å². The van der Waals surface area contributed by atoms with Gasteiger partial charge in [0.15, 0.2) is 0 Å². The molecule has 0 aromatic heterocycles. The summed E-state index contributed by atoms with van der Waals surface area (Å²) in [5.41, 5.74) is 7.52. The number of carboxylic acid groups (broad SMARTS) is 1. The quantitative estimate of drug-likeness (QED) is 0.362. The first kappa shape index (κ1) is 22.4. The molecule has 0 fully saturated rings. The standard InChI is InChI=1S/C20H25N3O5S/c1-13(2)15-5-3-14(4-6-15)9-10-23(12-19(25)26)29(27,28)18-11-16(20(21)22)7-8-17(18)24/h3-8,11,13,24H,9-10,12H2,1-2H3,(H3,21,22)(H,25,26). The number of hydrogen-bond acceptors (Lipinski definition) is 5. The Morgan fingerprint density at radius 1 is 1.17 bits per heavy atom. The highest BCUT2D eigenvalue weighted by Crippen LogP contribution is 2.27. The number of aromatic hydroxyl groups is 1. The van der Waals surface area contributed by atoms with Crippen molar-refractivity contribution < 1.29 is 23.4 Å². The van der Waals surface area contributed by atoms with Crippen molar-refractivity contribution in [2.45, 2.75) is 31.1 Å². The first-order chi connectivity index (χ1) is 13.5. The molecule has 0 unspecified atom stereocenters. The van der Waals surface area contributed by atoms with Crippen molar-refractivity contribution in [1.29, 1.82) is 5.41 Å². The van der Waals surface area contributed by atoms with Crippen molar-refractivity contribution in [1.82, 2.24) is 4.31 Å². The predicted octanol–water partition coefficient (Wildman–Crippen LogP) is 2.12. The van der Waals surface area contributed by atoms with E-state index in [0.29, 0.717) is 12.3 Å². The van der Waals surface area contributed by atoms with Crippen LogP contribution in [0.15, 0.2) is 47.4 Å². The number of benzene rings is 2. The van der Waals surface area contributed by atoms with Crippen LogP contribution in [-0.4, -0.2) is 47.8 Å². The number of nitrogens with zero attached hydrogens (tertiary/aromatic N) is 1. The van der Waals surface area contributed by atoms with Gasteiger partial charge in [-0.3, -0.25) is 10.2 Å². The van der Waals surface area contributed by atoms with Crippen LogP contribution in [-0.2, 0) is 21.2 Å². The molecule has 0 aliphatic heterocycles. The van der Waals surface area contributed by atoms with E-state index in [1.807, 2.05) is 24.3 Å². The van der Waals surface area contributed by atoms with Gasteiger partial charge in [-0.25, -0.2) is 8.42 Å². The van der Waals surface area contributed by atoms with E-state index >= 15 is 0 Å². The molecule has 2 aromatic rings. The summed E-state index contributed by atoms with van der Waals surface area (Å²) in [5.74, 6) is -1.85. The van der Waals surface area contributed by atoms with Crippen molar-refractivity contribution in [3.63, 3.8) is 0 Å². The number of rotatable bonds is 9. The summed E-state index contributed by atoms with van der Waals surface area (Å²) in [4.78, 5) is 10.8. The van der Waals surface area contributed by atoms with Crippen LogP contribution in [0.4, 0.5) is 0 Å². The zero-order valence-electron chi connectivity index (χ0n) is 16.3. The Kier molecular flexibility index (Phi) is 6.99. The average Bonchev–Trinajstić information content (AvgIpc) is 2.65. The minimum Gasteiger partial charge on any atom is -0.507 e. The maximum absolute atomic E-state index is 13.0. The molecule has 9 heteroatoms. The minimum absolute atomic E-state index is 0.0839. The maximum Gasteiger partial charge on any atom is 0.318 e. The molecule has 8 nitrogen and oxygen atoms in total. The fourth-order valence-electron chi connectivity index (χ4n) is 2.79. The fourth-order valence-corrected chi connectivity index (χ4v) is 4.28. The van der Waals surface area contributed by atoms with E-state index in [9.17, 15) is 23.4 Å². The van der Waals surface area contributed by atoms with E-state index < -0.39 is 33.2 Å². The van der Waals surface area contributed by atoms with Gasteiger partial charge in [0.05, 0.1) is 0 Å². The highest BCUT2D eigenvalue weighted by Gasteiger charge is 2.29. The summed E-state index contributed by atoms with van der Waals surface area (Å²) in [6.07, 6.45) is 0.304. The number of aliphatic carboxylic acids is 1. The minimum atomic E-state index is -4.32. The van der Waals surface area contributed by atoms with Crippen LogP contribution in [0.25, 0.3) is 0 Å². The van der Waals surface area contributed by atoms with Gasteiger partial charge in [0.2, 0.25) is 10.0 Å². The van der Waals surface area contributed by atoms with Gasteiger partial charge in [-0.15, -0.1) is 0 Å². The highest BCUT2D eigenvalue weighted by atomic mass is 32.2. The number of carboxylic acids is 1. The van der Waals surface area contributed by atoms with Crippen molar-refractivity contribution in [2.75, 3.05) is 13.1 Å². The Hall–Kier alpha value is -2.91. The number of sulfonamides is 1. The number of nitrogens with one attached hydrogen (secondary N) is 1. The molecule has 0 heterocycles. The van der Waals surface area contributed by atoms with Gasteiger partial charge in [0, 0.05) is 12.1 Å². The second-order valence-corrected chi connectivity index (χ2v) is 8.88. The number of phenolic OH excluding ortho intramolecular Hbond substituents is 1. The molecule has 0 amide bonds. The van der Waals surface area contributed by atoms with Crippen molar-refractivity contribution in [2.24, 2.45) is 5.73 Å². The number of hydrogen-bond donors (Lipinski definition) is 4. The van der Waals surface area contributed by atoms with E-state index in [0.717, 1.165) is 27.6 Å². The number of carbonyl (C=O) groups is 1. The molecule has 2 rings (SSSR count). The summed E-state index contributed by atoms with van der Waals surface area (Å²) >= 11 is 0. The summed E-state index contributed by atoms with van der Waals surface area (Å²) in [7, 11) is -4.32. The summed E-state index contributed by atoms with van der Waals surface area (Å²) in [5, 5.41) is 26.7. The molecule has 0 radical (unpaired) electrons. The number of nitrogens with two attached hydrogens (primary N) is 1. The lowest BCUT2D eigenvalue weighted by molar-refractivity contribution is -0.137. The second-order valence-electron chi connectivity index (χ2n) is 6.97. The average molecular weight is 420 g/mol. The molecule has 0 aliphatic carbocycles. The molecule has 0 saturated heterocycles. The lowest BCUT2D eigenvalue weighted by Gasteiger charge is -2.21. The highest BCUT2D eigenvalue weighted by molar-refractivity contribution is 7.89. The molecule has 156 valence electrons. The molecule has 0 aliphatic rings. The number of nitrogen functional groups attached to an aromatic ring is 1. The van der Waals surface area contributed by atoms with Crippen LogP contribution >= 0.6 is 0 Å². The van der Waals surface area contributed by atoms with E-state index in [4.69, 9.17) is 11.1 Å². The van der Waals surface area contributed by atoms with Crippen molar-refractivity contribution in [3.8, 4) is 5.75 Å². The smallest absolute Gasteiger partial charge is 0.318 e. The summed E-state index contributed by atoms with van der Waals surface area (Å²) < 4.78 is 26.8. The summed E-state index contributed by atoms with van der Waals surface area (Å²) in [6, 6.07) is 11.2. The van der Waals surface area contributed by atoms with E-state index in [2.05, 4.69) is 13.8 Å². The number of amidine groups is 1. The maximum atomic E-state index is 13.0. The van der Waals surface area contributed by atoms with Gasteiger partial charge in [-0.05, 0) is 41.7 Å². The van der Waals surface area contributed by atoms with Gasteiger partial charge in [0.25, 0.3) is 0 Å². The lowest BCUT2D eigenvalue weighted by Crippen LogP contribution is -2.37. The van der Waals surface area contributed by atoms with Crippen LogP contribution in [0.3, 0.4) is 0 Å². The lowest BCUT2D eigenvalue weighted by atomic mass is 10.0. The first-order valence-corrected chi connectivity index (χ1v) is 10.4. The first-order valence-electron chi connectivity index (χ1n) is 9.00. The molecule has 0 atom stereocenters. The van der Waals surface area contributed by atoms with Crippen LogP contribution in [0.2, 0.25) is 0 Å². The van der Waals surface area contributed by atoms with Crippen LogP contribution in [0, 0.1) is 5.41 Å². The van der Waals surface area contributed by atoms with Gasteiger partial charge >= 0.3 is 5.97 Å². The largest absolute Gasteiger partial charge is 0.507 e. The van der Waals surface area contributed by atoms with Crippen molar-refractivity contribution in [3.05, 3.63) is 59.2 Å². The zero-order chi connectivity index (χ0) is 21.8. The molecular formula is C20H25N3O5S. The van der Waals surface area contributed by atoms with E-state index in [1.165, 1.54) is 6.07 Å². The predicted molar refractivity (Wildman–Crippen MR) is 110 cm³/mol. The van der Waals surface area contributed by atoms with Crippen LogP contribution in [0.1, 0.15) is 36.5 Å². The molecule has 0 saturated carbocycles. The Morgan fingerprint density at radius 3 is 2.31 bits per heavy atom. The van der Waals surface area contributed by atoms with Crippen LogP contribution < -0.4 is 5.73 Å². The number of phenols is 1. The van der Waals surface area contributed by atoms with E-state index in [-0.39, 0.29) is 17.9 Å². The zero-order valence-corrected chi connectivity index (χ0v) is 17.1. The third kappa shape index (κ3) is 5.55. The molecule has 2 aromatic carbocycles. The molecule has 0 spiro atoms. The molecule has 29 heavy (non-hydrogen) atoms. The Morgan fingerprint density at radius 2 is 1.79 bits per heavy atom. The van der Waals surface area contributed by atoms with Crippen molar-refractivity contribution >= 4 is 21.8 Å². The van der Waals surface area contributed by atoms with Gasteiger partial charge < -0.3 is 15.9 Å². The Bertz CT molecular complexity index is 1000. The van der Waals surface area contributed by atoms with Gasteiger partial charge in [-0.1, -0.05) is 38.1 Å². The topological polar surface area (TPSA) is 145 Å².